The molecule has 0 heterocycles. The number of aldehydes is 2. The second-order valence-corrected chi connectivity index (χ2v) is 3.26. The van der Waals surface area contributed by atoms with Crippen LogP contribution in [0.25, 0.3) is 6.08 Å². The molecule has 0 atom stereocenters. The summed E-state index contributed by atoms with van der Waals surface area (Å²) in [4.78, 5) is 20.7. The van der Waals surface area contributed by atoms with Crippen LogP contribution in [-0.2, 0) is 11.0 Å². The molecule has 0 aliphatic heterocycles. The highest BCUT2D eigenvalue weighted by Crippen LogP contribution is 2.30. The van der Waals surface area contributed by atoms with Crippen molar-refractivity contribution in [1.29, 1.82) is 0 Å². The molecule has 0 saturated carbocycles. The van der Waals surface area contributed by atoms with Gasteiger partial charge in [0.2, 0.25) is 0 Å². The van der Waals surface area contributed by atoms with Crippen LogP contribution in [0, 0.1) is 0 Å². The van der Waals surface area contributed by atoms with Crippen molar-refractivity contribution < 1.29 is 22.8 Å². The summed E-state index contributed by atoms with van der Waals surface area (Å²) in [6.07, 6.45) is -0.389. The lowest BCUT2D eigenvalue weighted by Crippen LogP contribution is -2.05. The molecule has 0 N–H and O–H groups in total. The predicted octanol–water partition coefficient (Wildman–Crippen LogP) is 3.12. The second-order valence-electron chi connectivity index (χ2n) is 3.26. The van der Waals surface area contributed by atoms with E-state index in [2.05, 4.69) is 0 Å². The highest BCUT2D eigenvalue weighted by molar-refractivity contribution is 5.82. The fourth-order valence-electron chi connectivity index (χ4n) is 1.26. The summed E-state index contributed by atoms with van der Waals surface area (Å²) in [6.45, 7) is 0. The summed E-state index contributed by atoms with van der Waals surface area (Å²) >= 11 is 0. The molecule has 17 heavy (non-hydrogen) atoms. The van der Waals surface area contributed by atoms with E-state index in [1.807, 2.05) is 0 Å². The van der Waals surface area contributed by atoms with E-state index in [4.69, 9.17) is 0 Å². The van der Waals surface area contributed by atoms with E-state index in [-0.39, 0.29) is 12.0 Å². The summed E-state index contributed by atoms with van der Waals surface area (Å²) < 4.78 is 37.1. The Morgan fingerprint density at radius 3 is 2.35 bits per heavy atom. The van der Waals surface area contributed by atoms with Gasteiger partial charge in [0, 0.05) is 12.0 Å². The lowest BCUT2D eigenvalue weighted by molar-refractivity contribution is -0.137. The van der Waals surface area contributed by atoms with Crippen molar-refractivity contribution in [2.24, 2.45) is 0 Å². The Labute approximate surface area is 95.8 Å². The highest BCUT2D eigenvalue weighted by Gasteiger charge is 2.30. The average Bonchev–Trinajstić information content (AvgIpc) is 2.28. The van der Waals surface area contributed by atoms with Crippen LogP contribution in [-0.4, -0.2) is 12.6 Å². The van der Waals surface area contributed by atoms with E-state index in [0.29, 0.717) is 18.1 Å². The molecular formula is C12H9F3O2. The molecule has 0 saturated heterocycles. The molecule has 0 amide bonds. The quantitative estimate of drug-likeness (QED) is 0.760. The predicted molar refractivity (Wildman–Crippen MR) is 56.5 cm³/mol. The van der Waals surface area contributed by atoms with Crippen LogP contribution >= 0.6 is 0 Å². The molecule has 0 fully saturated rings. The summed E-state index contributed by atoms with van der Waals surface area (Å²) in [5.41, 5.74) is -0.566. The Hall–Kier alpha value is -1.91. The zero-order valence-electron chi connectivity index (χ0n) is 8.70. The van der Waals surface area contributed by atoms with Gasteiger partial charge < -0.3 is 4.79 Å². The molecule has 1 aromatic rings. The van der Waals surface area contributed by atoms with Crippen LogP contribution in [0.15, 0.2) is 24.3 Å². The van der Waals surface area contributed by atoms with Gasteiger partial charge in [0.15, 0.2) is 6.29 Å². The SMILES string of the molecule is O=CCC=Cc1ccc(C(F)(F)F)cc1C=O. The van der Waals surface area contributed by atoms with Crippen LogP contribution in [0.5, 0.6) is 0 Å². The monoisotopic (exact) mass is 242 g/mol. The van der Waals surface area contributed by atoms with Gasteiger partial charge in [-0.25, -0.2) is 0 Å². The summed E-state index contributed by atoms with van der Waals surface area (Å²) in [6, 6.07) is 2.88. The van der Waals surface area contributed by atoms with Crippen molar-refractivity contribution in [2.75, 3.05) is 0 Å². The third kappa shape index (κ3) is 3.55. The normalized spacial score (nSPS) is 11.7. The second kappa shape index (κ2) is 5.43. The molecule has 0 unspecified atom stereocenters. The first-order valence-electron chi connectivity index (χ1n) is 4.75. The largest absolute Gasteiger partial charge is 0.416 e. The van der Waals surface area contributed by atoms with Gasteiger partial charge in [0.1, 0.15) is 6.29 Å². The summed E-state index contributed by atoms with van der Waals surface area (Å²) in [7, 11) is 0. The Kier molecular flexibility index (Phi) is 4.20. The van der Waals surface area contributed by atoms with Crippen molar-refractivity contribution in [2.45, 2.75) is 12.6 Å². The van der Waals surface area contributed by atoms with Crippen LogP contribution < -0.4 is 0 Å². The number of benzene rings is 1. The third-order valence-corrected chi connectivity index (χ3v) is 2.07. The first-order chi connectivity index (χ1) is 7.99. The molecule has 5 heteroatoms. The summed E-state index contributed by atoms with van der Waals surface area (Å²) in [5.74, 6) is 0. The van der Waals surface area contributed by atoms with Crippen LogP contribution in [0.2, 0.25) is 0 Å². The fourth-order valence-corrected chi connectivity index (χ4v) is 1.26. The van der Waals surface area contributed by atoms with Crippen molar-refractivity contribution in [3.63, 3.8) is 0 Å². The smallest absolute Gasteiger partial charge is 0.303 e. The molecule has 0 radical (unpaired) electrons. The van der Waals surface area contributed by atoms with Gasteiger partial charge in [-0.15, -0.1) is 0 Å². The molecule has 90 valence electrons. The minimum atomic E-state index is -4.47. The number of alkyl halides is 3. The molecule has 0 bridgehead atoms. The van der Waals surface area contributed by atoms with Crippen molar-refractivity contribution in [1.82, 2.24) is 0 Å². The van der Waals surface area contributed by atoms with E-state index >= 15 is 0 Å². The Morgan fingerprint density at radius 2 is 1.82 bits per heavy atom. The van der Waals surface area contributed by atoms with Crippen LogP contribution in [0.3, 0.4) is 0 Å². The molecule has 2 nitrogen and oxygen atoms in total. The van der Waals surface area contributed by atoms with E-state index in [1.165, 1.54) is 18.2 Å². The lowest BCUT2D eigenvalue weighted by atomic mass is 10.0. The minimum Gasteiger partial charge on any atom is -0.303 e. The Morgan fingerprint density at radius 1 is 1.12 bits per heavy atom. The highest BCUT2D eigenvalue weighted by atomic mass is 19.4. The average molecular weight is 242 g/mol. The first-order valence-corrected chi connectivity index (χ1v) is 4.75. The van der Waals surface area contributed by atoms with E-state index in [9.17, 15) is 22.8 Å². The third-order valence-electron chi connectivity index (χ3n) is 2.07. The molecule has 0 aromatic heterocycles. The fraction of sp³-hybridized carbons (Fsp3) is 0.167. The Balaban J connectivity index is 3.10. The maximum Gasteiger partial charge on any atom is 0.416 e. The van der Waals surface area contributed by atoms with E-state index < -0.39 is 11.7 Å². The topological polar surface area (TPSA) is 34.1 Å². The molecule has 0 aliphatic rings. The molecular weight excluding hydrogens is 233 g/mol. The molecule has 1 aromatic carbocycles. The first kappa shape index (κ1) is 13.2. The standard InChI is InChI=1S/C12H9F3O2/c13-12(14,15)11-5-4-9(3-1-2-6-16)10(7-11)8-17/h1,3-8H,2H2. The zero-order chi connectivity index (χ0) is 12.9. The number of hydrogen-bond acceptors (Lipinski definition) is 2. The van der Waals surface area contributed by atoms with Crippen molar-refractivity contribution in [3.8, 4) is 0 Å². The minimum absolute atomic E-state index is 0.0537. The van der Waals surface area contributed by atoms with Gasteiger partial charge in [0.05, 0.1) is 5.56 Å². The van der Waals surface area contributed by atoms with Gasteiger partial charge in [0.25, 0.3) is 0 Å². The van der Waals surface area contributed by atoms with Gasteiger partial charge in [-0.1, -0.05) is 18.2 Å². The van der Waals surface area contributed by atoms with Gasteiger partial charge in [-0.2, -0.15) is 13.2 Å². The van der Waals surface area contributed by atoms with Crippen molar-refractivity contribution >= 4 is 18.6 Å². The van der Waals surface area contributed by atoms with E-state index in [0.717, 1.165) is 12.1 Å². The lowest BCUT2D eigenvalue weighted by Gasteiger charge is -2.08. The molecule has 0 spiro atoms. The number of carbonyl (C=O) groups excluding carboxylic acids is 2. The number of rotatable bonds is 4. The number of hydrogen-bond donors (Lipinski definition) is 0. The maximum absolute atomic E-state index is 12.4. The zero-order valence-corrected chi connectivity index (χ0v) is 8.70. The van der Waals surface area contributed by atoms with Crippen LogP contribution in [0.1, 0.15) is 27.9 Å². The van der Waals surface area contributed by atoms with Gasteiger partial charge >= 0.3 is 6.18 Å². The number of allylic oxidation sites excluding steroid dienone is 1. The van der Waals surface area contributed by atoms with Gasteiger partial charge in [-0.3, -0.25) is 4.79 Å². The van der Waals surface area contributed by atoms with E-state index in [1.54, 1.807) is 0 Å². The number of halogens is 3. The Bertz CT molecular complexity index is 448. The summed E-state index contributed by atoms with van der Waals surface area (Å²) in [5, 5.41) is 0. The van der Waals surface area contributed by atoms with Crippen LogP contribution in [0.4, 0.5) is 13.2 Å². The number of carbonyl (C=O) groups is 2. The molecule has 1 rings (SSSR count). The van der Waals surface area contributed by atoms with Gasteiger partial charge in [-0.05, 0) is 17.7 Å². The maximum atomic E-state index is 12.4. The molecule has 0 aliphatic carbocycles. The van der Waals surface area contributed by atoms with Crippen molar-refractivity contribution in [3.05, 3.63) is 41.0 Å².